The molecule has 21 heteroatoms. The number of nitrogens with two attached hydrogens (primary N) is 2. The van der Waals surface area contributed by atoms with Crippen molar-refractivity contribution in [3.05, 3.63) is 271 Å². The highest BCUT2D eigenvalue weighted by Gasteiger charge is 2.67. The molecule has 0 radical (unpaired) electrons. The van der Waals surface area contributed by atoms with Crippen molar-refractivity contribution < 1.29 is 47.8 Å². The van der Waals surface area contributed by atoms with Crippen LogP contribution in [0.3, 0.4) is 0 Å². The number of hydrogen-bond acceptors (Lipinski definition) is 16. The molecule has 0 unspecified atom stereocenters. The number of nitrogens with one attached hydrogen (secondary N) is 2. The molecule has 10 aromatic rings. The van der Waals surface area contributed by atoms with Gasteiger partial charge in [-0.15, -0.1) is 10.2 Å². The largest absolute Gasteiger partial charge is 0.455 e. The number of H-pyrrole nitrogens is 2. The van der Waals surface area contributed by atoms with E-state index in [9.17, 15) is 19.5 Å². The Hall–Kier alpha value is -8.61. The number of ether oxygens (including phenoxy) is 8. The average Bonchev–Trinajstić information content (AvgIpc) is 3.95. The van der Waals surface area contributed by atoms with Crippen molar-refractivity contribution in [3.8, 4) is 0 Å². The normalized spacial score (nSPS) is 21.4. The van der Waals surface area contributed by atoms with Gasteiger partial charge in [0.15, 0.2) is 17.3 Å². The first-order chi connectivity index (χ1) is 42.2. The van der Waals surface area contributed by atoms with Crippen LogP contribution in [0, 0.1) is 0 Å². The van der Waals surface area contributed by atoms with Crippen LogP contribution in [0.4, 0.5) is 11.9 Å². The molecule has 12 rings (SSSR count). The summed E-state index contributed by atoms with van der Waals surface area (Å²) in [4.78, 5) is 41.7. The number of esters is 1. The second kappa shape index (κ2) is 28.3. The molecule has 2 aliphatic rings. The Labute approximate surface area is 509 Å². The van der Waals surface area contributed by atoms with E-state index < -0.39 is 52.9 Å². The van der Waals surface area contributed by atoms with Crippen LogP contribution < -0.4 is 22.6 Å². The van der Waals surface area contributed by atoms with Gasteiger partial charge in [-0.25, -0.2) is 13.8 Å². The molecule has 7 N–H and O–H groups in total. The summed E-state index contributed by atoms with van der Waals surface area (Å²) in [5, 5.41) is 20.8. The van der Waals surface area contributed by atoms with E-state index in [0.717, 1.165) is 33.4 Å². The Morgan fingerprint density at radius 3 is 1.38 bits per heavy atom. The first-order valence-corrected chi connectivity index (χ1v) is 28.9. The van der Waals surface area contributed by atoms with Crippen LogP contribution in [0.5, 0.6) is 0 Å². The van der Waals surface area contributed by atoms with Gasteiger partial charge in [-0.1, -0.05) is 182 Å². The highest BCUT2D eigenvalue weighted by molar-refractivity contribution is 9.10. The molecule has 20 nitrogen and oxygen atoms in total. The van der Waals surface area contributed by atoms with Crippen molar-refractivity contribution in [2.45, 2.75) is 94.9 Å². The number of carbonyl (C=O) groups is 1. The molecule has 6 heterocycles. The number of cyclic esters (lactones) is 1. The van der Waals surface area contributed by atoms with Gasteiger partial charge in [-0.3, -0.25) is 19.6 Å². The minimum absolute atomic E-state index is 0.0976. The lowest BCUT2D eigenvalue weighted by atomic mass is 9.87. The number of nitrogen functional groups attached to an aromatic ring is 2. The Bertz CT molecular complexity index is 3940. The van der Waals surface area contributed by atoms with Gasteiger partial charge in [0, 0.05) is 0 Å². The number of anilines is 2. The molecule has 6 aromatic carbocycles. The highest BCUT2D eigenvalue weighted by atomic mass is 79.9. The van der Waals surface area contributed by atoms with E-state index in [-0.39, 0.29) is 61.7 Å². The Morgan fingerprint density at radius 2 is 0.897 bits per heavy atom. The minimum atomic E-state index is -2.12. The van der Waals surface area contributed by atoms with Crippen molar-refractivity contribution in [2.75, 3.05) is 24.7 Å². The van der Waals surface area contributed by atoms with Crippen molar-refractivity contribution in [1.29, 1.82) is 0 Å². The summed E-state index contributed by atoms with van der Waals surface area (Å²) in [6.07, 6.45) is -2.73. The van der Waals surface area contributed by atoms with E-state index in [1.54, 1.807) is 38.1 Å². The predicted octanol–water partition coefficient (Wildman–Crippen LogP) is 8.98. The van der Waals surface area contributed by atoms with Gasteiger partial charge in [0.25, 0.3) is 11.1 Å². The van der Waals surface area contributed by atoms with E-state index >= 15 is 0 Å². The third kappa shape index (κ3) is 14.6. The Morgan fingerprint density at radius 1 is 0.506 bits per heavy atom. The van der Waals surface area contributed by atoms with Gasteiger partial charge >= 0.3 is 5.97 Å². The fraction of sp³-hybridized carbons (Fsp3) is 0.258. The van der Waals surface area contributed by atoms with E-state index in [1.165, 1.54) is 9.03 Å². The summed E-state index contributed by atoms with van der Waals surface area (Å²) in [6, 6.07) is 65.2. The van der Waals surface area contributed by atoms with Gasteiger partial charge in [-0.05, 0) is 87.4 Å². The summed E-state index contributed by atoms with van der Waals surface area (Å²) in [6.45, 7) is 5.62. The second-order valence-corrected chi connectivity index (χ2v) is 21.9. The molecule has 0 saturated carbocycles. The molecule has 0 amide bonds. The molecule has 2 saturated heterocycles. The van der Waals surface area contributed by atoms with Crippen LogP contribution in [0.2, 0.25) is 0 Å². The fourth-order valence-electron chi connectivity index (χ4n) is 10.3. The zero-order chi connectivity index (χ0) is 60.8. The van der Waals surface area contributed by atoms with E-state index in [0.29, 0.717) is 29.9 Å². The summed E-state index contributed by atoms with van der Waals surface area (Å²) in [5.74, 6) is -2.56. The van der Waals surface area contributed by atoms with Crippen LogP contribution >= 0.6 is 15.9 Å². The summed E-state index contributed by atoms with van der Waals surface area (Å²) in [5.41, 5.74) is 14.6. The third-order valence-corrected chi connectivity index (χ3v) is 15.5. The molecule has 2 aliphatic heterocycles. The Balaban J connectivity index is 0.000000166. The maximum Gasteiger partial charge on any atom is 0.341 e. The molecule has 0 aliphatic carbocycles. The van der Waals surface area contributed by atoms with Crippen LogP contribution in [0.15, 0.2) is 220 Å². The summed E-state index contributed by atoms with van der Waals surface area (Å²) < 4.78 is 53.1. The van der Waals surface area contributed by atoms with Gasteiger partial charge in [0.1, 0.15) is 39.6 Å². The highest BCUT2D eigenvalue weighted by Crippen LogP contribution is 2.50. The molecule has 450 valence electrons. The number of aromatic nitrogens is 6. The second-order valence-electron chi connectivity index (χ2n) is 21.1. The number of benzene rings is 6. The number of carbonyl (C=O) groups excluding carboxylic acids is 1. The SMILES string of the molecule is C[C@@]1(OCc2ccccc2)[C@H](OCc2ccccc2)[C@@H](COCc2ccccc2)O[C@@]1(O)c1ccc2c(=O)[nH]c(N)nn12.C[C@]1(OCc2ccccc2)C(=O)O[C@H](COCc2ccccc2)[C@H]1OCc1ccccc1.Nc1nn2c(Br)ccc2c(=O)[nH]1. The maximum absolute atomic E-state index is 12.9. The van der Waals surface area contributed by atoms with Gasteiger partial charge in [-0.2, -0.15) is 0 Å². The lowest BCUT2D eigenvalue weighted by molar-refractivity contribution is -0.294. The lowest BCUT2D eigenvalue weighted by Gasteiger charge is -2.40. The molecule has 0 spiro atoms. The average molecular weight is 1240 g/mol. The first-order valence-electron chi connectivity index (χ1n) is 28.1. The summed E-state index contributed by atoms with van der Waals surface area (Å²) in [7, 11) is 0. The molecule has 7 atom stereocenters. The molecule has 2 fully saturated rings. The monoisotopic (exact) mass is 1240 g/mol. The zero-order valence-corrected chi connectivity index (χ0v) is 49.4. The van der Waals surface area contributed by atoms with Crippen molar-refractivity contribution in [1.82, 2.24) is 29.2 Å². The number of rotatable bonds is 21. The quantitative estimate of drug-likeness (QED) is 0.0420. The van der Waals surface area contributed by atoms with Gasteiger partial charge in [0.05, 0.1) is 52.9 Å². The van der Waals surface area contributed by atoms with Crippen LogP contribution in [-0.4, -0.2) is 89.1 Å². The van der Waals surface area contributed by atoms with E-state index in [4.69, 9.17) is 49.4 Å². The lowest BCUT2D eigenvalue weighted by Crippen LogP contribution is -2.55. The van der Waals surface area contributed by atoms with Gasteiger partial charge in [0.2, 0.25) is 17.7 Å². The molecule has 87 heavy (non-hydrogen) atoms. The molecule has 0 bridgehead atoms. The molecule has 4 aromatic heterocycles. The van der Waals surface area contributed by atoms with E-state index in [1.807, 2.05) is 182 Å². The number of fused-ring (bicyclic) bond motifs is 2. The van der Waals surface area contributed by atoms with Crippen LogP contribution in [-0.2, 0) is 88.1 Å². The van der Waals surface area contributed by atoms with E-state index in [2.05, 4.69) is 36.1 Å². The number of hydrogen-bond donors (Lipinski definition) is 5. The number of nitrogens with zero attached hydrogens (tertiary/aromatic N) is 4. The summed E-state index contributed by atoms with van der Waals surface area (Å²) >= 11 is 3.23. The Kier molecular flexibility index (Phi) is 20.0. The minimum Gasteiger partial charge on any atom is -0.455 e. The zero-order valence-electron chi connectivity index (χ0n) is 47.9. The van der Waals surface area contributed by atoms with Crippen molar-refractivity contribution in [3.63, 3.8) is 0 Å². The standard InChI is InChI=1S/C33H34N4O6.C27H28O5.C6H5BrN4O/c1-32(42-21-25-15-9-4-10-16-25)29(41-20-24-13-7-3-8-14-24)27(22-40-19-23-11-5-2-6-12-23)43-33(32,39)28-18-17-26-30(38)35-31(34)36-37(26)28;1-27(31-19-23-15-9-4-10-16-23)25(30-18-22-13-7-3-8-14-22)24(32-26(27)28)20-29-17-21-11-5-2-6-12-21;7-4-2-1-3-5(12)9-6(8)10-11(3)4/h2-18,27,29,39H,19-22H2,1H3,(H3,34,35,36,38);2-16,24-25H,17-20H2,1H3;1-2H,(H3,8,9,10,12)/t27-,29-,32-,33+;24-,25-,27-;/m11./s1. The van der Waals surface area contributed by atoms with Crippen LogP contribution in [0.1, 0.15) is 52.9 Å². The maximum atomic E-state index is 12.9. The van der Waals surface area contributed by atoms with Crippen molar-refractivity contribution in [2.24, 2.45) is 0 Å². The van der Waals surface area contributed by atoms with Crippen LogP contribution in [0.25, 0.3) is 11.0 Å². The van der Waals surface area contributed by atoms with Crippen molar-refractivity contribution >= 4 is 44.8 Å². The number of halogens is 1. The predicted molar refractivity (Wildman–Crippen MR) is 328 cm³/mol. The fourth-order valence-corrected chi connectivity index (χ4v) is 10.7. The first kappa shape index (κ1) is 61.5. The molecular weight excluding hydrogens is 1180 g/mol. The number of aliphatic hydroxyl groups is 1. The van der Waals surface area contributed by atoms with Gasteiger partial charge < -0.3 is 54.5 Å². The molecular formula is C66H67BrN8O12. The smallest absolute Gasteiger partial charge is 0.341 e. The number of aromatic amines is 2. The third-order valence-electron chi connectivity index (χ3n) is 14.9. The topological polar surface area (TPSA) is 263 Å².